The number of halogens is 2. The van der Waals surface area contributed by atoms with E-state index in [2.05, 4.69) is 27.7 Å². The van der Waals surface area contributed by atoms with Crippen molar-refractivity contribution in [2.75, 3.05) is 26.2 Å². The van der Waals surface area contributed by atoms with E-state index in [4.69, 9.17) is 0 Å². The second kappa shape index (κ2) is 7.71. The Balaban J connectivity index is 0.000000810. The van der Waals surface area contributed by atoms with Gasteiger partial charge in [-0.15, -0.1) is 36.2 Å². The summed E-state index contributed by atoms with van der Waals surface area (Å²) < 4.78 is 0. The van der Waals surface area contributed by atoms with E-state index in [1.54, 1.807) is 4.88 Å². The molecular formula is C13H22Cl2N2S. The van der Waals surface area contributed by atoms with Gasteiger partial charge in [0.1, 0.15) is 0 Å². The molecule has 2 nitrogen and oxygen atoms in total. The molecule has 1 N–H and O–H groups in total. The molecular weight excluding hydrogens is 287 g/mol. The van der Waals surface area contributed by atoms with Crippen molar-refractivity contribution in [2.24, 2.45) is 5.92 Å². The predicted octanol–water partition coefficient (Wildman–Crippen LogP) is 3.34. The summed E-state index contributed by atoms with van der Waals surface area (Å²) in [5.41, 5.74) is 0. The van der Waals surface area contributed by atoms with Gasteiger partial charge in [-0.2, -0.15) is 0 Å². The Hall–Kier alpha value is 0.200. The van der Waals surface area contributed by atoms with Crippen LogP contribution < -0.4 is 5.32 Å². The molecule has 0 radical (unpaired) electrons. The highest BCUT2D eigenvalue weighted by atomic mass is 35.5. The van der Waals surface area contributed by atoms with Crippen molar-refractivity contribution >= 4 is 36.2 Å². The standard InChI is InChI=1S/C13H20N2S.2ClH/c1-2-13(16-9-1)12(10-11-3-4-11)15-7-5-14-6-8-15;;/h1-2,9,11-12,14H,3-8,10H2;2*1H/t12-;;/m1../s1. The molecule has 0 bridgehead atoms. The van der Waals surface area contributed by atoms with Gasteiger partial charge in [0.15, 0.2) is 0 Å². The lowest BCUT2D eigenvalue weighted by Crippen LogP contribution is -2.45. The van der Waals surface area contributed by atoms with Gasteiger partial charge in [0.05, 0.1) is 0 Å². The van der Waals surface area contributed by atoms with Gasteiger partial charge in [0, 0.05) is 37.1 Å². The molecule has 1 aromatic heterocycles. The van der Waals surface area contributed by atoms with Crippen LogP contribution in [0.1, 0.15) is 30.2 Å². The summed E-state index contributed by atoms with van der Waals surface area (Å²) in [4.78, 5) is 4.26. The van der Waals surface area contributed by atoms with E-state index in [1.807, 2.05) is 11.3 Å². The number of hydrogen-bond acceptors (Lipinski definition) is 3. The van der Waals surface area contributed by atoms with E-state index in [0.717, 1.165) is 19.0 Å². The third-order valence-electron chi connectivity index (χ3n) is 3.72. The predicted molar refractivity (Wildman–Crippen MR) is 83.3 cm³/mol. The molecule has 0 aromatic carbocycles. The Labute approximate surface area is 126 Å². The smallest absolute Gasteiger partial charge is 0.0445 e. The molecule has 18 heavy (non-hydrogen) atoms. The van der Waals surface area contributed by atoms with Gasteiger partial charge in [-0.25, -0.2) is 0 Å². The van der Waals surface area contributed by atoms with Crippen LogP contribution in [0.3, 0.4) is 0 Å². The normalized spacial score (nSPS) is 21.8. The molecule has 1 atom stereocenters. The summed E-state index contributed by atoms with van der Waals surface area (Å²) in [7, 11) is 0. The molecule has 0 amide bonds. The largest absolute Gasteiger partial charge is 0.314 e. The molecule has 1 saturated carbocycles. The highest BCUT2D eigenvalue weighted by Crippen LogP contribution is 2.41. The van der Waals surface area contributed by atoms with Gasteiger partial charge < -0.3 is 5.32 Å². The molecule has 104 valence electrons. The molecule has 0 spiro atoms. The van der Waals surface area contributed by atoms with E-state index in [9.17, 15) is 0 Å². The molecule has 1 aliphatic carbocycles. The van der Waals surface area contributed by atoms with Crippen LogP contribution in [-0.2, 0) is 0 Å². The number of rotatable bonds is 4. The van der Waals surface area contributed by atoms with Crippen molar-refractivity contribution < 1.29 is 0 Å². The number of nitrogens with one attached hydrogen (secondary N) is 1. The van der Waals surface area contributed by atoms with Gasteiger partial charge in [-0.05, 0) is 23.8 Å². The van der Waals surface area contributed by atoms with E-state index in [-0.39, 0.29) is 24.8 Å². The van der Waals surface area contributed by atoms with Crippen molar-refractivity contribution in [3.63, 3.8) is 0 Å². The van der Waals surface area contributed by atoms with Gasteiger partial charge >= 0.3 is 0 Å². The Morgan fingerprint density at radius 2 is 2.00 bits per heavy atom. The van der Waals surface area contributed by atoms with Crippen LogP contribution in [0.5, 0.6) is 0 Å². The van der Waals surface area contributed by atoms with Crippen molar-refractivity contribution in [2.45, 2.75) is 25.3 Å². The van der Waals surface area contributed by atoms with E-state index in [1.165, 1.54) is 32.4 Å². The summed E-state index contributed by atoms with van der Waals surface area (Å²) >= 11 is 1.93. The summed E-state index contributed by atoms with van der Waals surface area (Å²) in [6, 6.07) is 5.22. The lowest BCUT2D eigenvalue weighted by molar-refractivity contribution is 0.163. The third kappa shape index (κ3) is 4.10. The summed E-state index contributed by atoms with van der Waals surface area (Å²) in [5.74, 6) is 1.02. The molecule has 1 aromatic rings. The van der Waals surface area contributed by atoms with Gasteiger partial charge in [-0.1, -0.05) is 18.9 Å². The van der Waals surface area contributed by atoms with Crippen LogP contribution in [-0.4, -0.2) is 31.1 Å². The quantitative estimate of drug-likeness (QED) is 0.918. The van der Waals surface area contributed by atoms with Crippen molar-refractivity contribution in [1.82, 2.24) is 10.2 Å². The maximum atomic E-state index is 3.45. The molecule has 5 heteroatoms. The van der Waals surface area contributed by atoms with Crippen molar-refractivity contribution in [3.8, 4) is 0 Å². The van der Waals surface area contributed by atoms with Crippen LogP contribution in [0.4, 0.5) is 0 Å². The molecule has 2 heterocycles. The van der Waals surface area contributed by atoms with Gasteiger partial charge in [0.25, 0.3) is 0 Å². The molecule has 2 fully saturated rings. The third-order valence-corrected chi connectivity index (χ3v) is 4.69. The fraction of sp³-hybridized carbons (Fsp3) is 0.692. The minimum Gasteiger partial charge on any atom is -0.314 e. The van der Waals surface area contributed by atoms with Crippen LogP contribution in [0.25, 0.3) is 0 Å². The van der Waals surface area contributed by atoms with E-state index >= 15 is 0 Å². The molecule has 3 rings (SSSR count). The molecule has 1 aliphatic heterocycles. The Morgan fingerprint density at radius 3 is 2.56 bits per heavy atom. The minimum absolute atomic E-state index is 0. The van der Waals surface area contributed by atoms with Crippen LogP contribution in [0, 0.1) is 5.92 Å². The highest BCUT2D eigenvalue weighted by Gasteiger charge is 2.30. The minimum atomic E-state index is 0. The van der Waals surface area contributed by atoms with Gasteiger partial charge in [0.2, 0.25) is 0 Å². The number of thiophene rings is 1. The summed E-state index contributed by atoms with van der Waals surface area (Å²) in [6.07, 6.45) is 4.32. The zero-order valence-corrected chi connectivity index (χ0v) is 13.0. The number of piperazine rings is 1. The molecule has 0 unspecified atom stereocenters. The Bertz CT molecular complexity index is 322. The average molecular weight is 309 g/mol. The second-order valence-electron chi connectivity index (χ2n) is 5.00. The fourth-order valence-corrected chi connectivity index (χ4v) is 3.46. The second-order valence-corrected chi connectivity index (χ2v) is 5.98. The lowest BCUT2D eigenvalue weighted by atomic mass is 10.1. The zero-order valence-electron chi connectivity index (χ0n) is 10.5. The van der Waals surface area contributed by atoms with E-state index < -0.39 is 0 Å². The van der Waals surface area contributed by atoms with Crippen LogP contribution >= 0.6 is 36.2 Å². The SMILES string of the molecule is Cl.Cl.c1csc([C@@H](CC2CC2)N2CCNCC2)c1. The summed E-state index contributed by atoms with van der Waals surface area (Å²) in [5, 5.41) is 5.67. The first kappa shape index (κ1) is 16.3. The van der Waals surface area contributed by atoms with Crippen molar-refractivity contribution in [3.05, 3.63) is 22.4 Å². The fourth-order valence-electron chi connectivity index (χ4n) is 2.59. The monoisotopic (exact) mass is 308 g/mol. The van der Waals surface area contributed by atoms with Gasteiger partial charge in [-0.3, -0.25) is 4.90 Å². The maximum absolute atomic E-state index is 3.45. The van der Waals surface area contributed by atoms with Crippen molar-refractivity contribution in [1.29, 1.82) is 0 Å². The lowest BCUT2D eigenvalue weighted by Gasteiger charge is -2.34. The topological polar surface area (TPSA) is 15.3 Å². The maximum Gasteiger partial charge on any atom is 0.0445 e. The number of hydrogen-bond donors (Lipinski definition) is 1. The van der Waals surface area contributed by atoms with Crippen LogP contribution in [0.15, 0.2) is 17.5 Å². The molecule has 1 saturated heterocycles. The van der Waals surface area contributed by atoms with E-state index in [0.29, 0.717) is 6.04 Å². The Morgan fingerprint density at radius 1 is 1.28 bits per heavy atom. The summed E-state index contributed by atoms with van der Waals surface area (Å²) in [6.45, 7) is 4.75. The average Bonchev–Trinajstić information content (AvgIpc) is 3.00. The first-order valence-electron chi connectivity index (χ1n) is 6.41. The number of nitrogens with zero attached hydrogens (tertiary/aromatic N) is 1. The Kier molecular flexibility index (Phi) is 6.96. The first-order valence-corrected chi connectivity index (χ1v) is 7.29. The first-order chi connectivity index (χ1) is 7.93. The van der Waals surface area contributed by atoms with Crippen LogP contribution in [0.2, 0.25) is 0 Å². The highest BCUT2D eigenvalue weighted by molar-refractivity contribution is 7.10. The zero-order chi connectivity index (χ0) is 10.8. The molecule has 2 aliphatic rings.